The summed E-state index contributed by atoms with van der Waals surface area (Å²) in [5.41, 5.74) is 5.91. The van der Waals surface area contributed by atoms with Gasteiger partial charge in [-0.1, -0.05) is 48.5 Å². The summed E-state index contributed by atoms with van der Waals surface area (Å²) in [6, 6.07) is 20.2. The zero-order valence-electron chi connectivity index (χ0n) is 14.0. The lowest BCUT2D eigenvalue weighted by atomic mass is 9.97. The van der Waals surface area contributed by atoms with Crippen molar-refractivity contribution in [1.29, 1.82) is 0 Å². The molecule has 0 saturated carbocycles. The number of benzene rings is 2. The number of nitrogens with zero attached hydrogens (tertiary/aromatic N) is 2. The summed E-state index contributed by atoms with van der Waals surface area (Å²) in [7, 11) is 2.24. The van der Waals surface area contributed by atoms with Gasteiger partial charge in [0, 0.05) is 42.1 Å². The Balaban J connectivity index is 1.77. The smallest absolute Gasteiger partial charge is 0.0486 e. The molecular weight excluding hydrogens is 280 g/mol. The van der Waals surface area contributed by atoms with Gasteiger partial charge >= 0.3 is 0 Å². The van der Waals surface area contributed by atoms with Crippen LogP contribution in [0.3, 0.4) is 0 Å². The Labute approximate surface area is 138 Å². The lowest BCUT2D eigenvalue weighted by Crippen LogP contribution is -2.31. The van der Waals surface area contributed by atoms with Crippen LogP contribution in [-0.4, -0.2) is 23.1 Å². The minimum atomic E-state index is 0.502. The van der Waals surface area contributed by atoms with E-state index >= 15 is 0 Å². The van der Waals surface area contributed by atoms with Gasteiger partial charge in [-0.25, -0.2) is 0 Å². The molecule has 4 rings (SSSR count). The molecule has 1 aliphatic heterocycles. The predicted octanol–water partition coefficient (Wildman–Crippen LogP) is 4.43. The number of hydrogen-bond acceptors (Lipinski definition) is 1. The van der Waals surface area contributed by atoms with Gasteiger partial charge in [0.05, 0.1) is 0 Å². The normalized spacial score (nSPS) is 18.3. The highest BCUT2D eigenvalue weighted by atomic mass is 15.1. The molecule has 0 spiro atoms. The van der Waals surface area contributed by atoms with Crippen LogP contribution in [0, 0.1) is 0 Å². The Hall–Kier alpha value is -2.06. The zero-order chi connectivity index (χ0) is 15.8. The molecule has 0 amide bonds. The minimum Gasteiger partial charge on any atom is -0.344 e. The maximum absolute atomic E-state index is 2.57. The van der Waals surface area contributed by atoms with E-state index < -0.39 is 0 Å². The van der Waals surface area contributed by atoms with E-state index in [1.807, 2.05) is 0 Å². The van der Waals surface area contributed by atoms with Gasteiger partial charge < -0.3 is 4.57 Å². The van der Waals surface area contributed by atoms with Crippen LogP contribution < -0.4 is 0 Å². The van der Waals surface area contributed by atoms with Crippen LogP contribution in [-0.2, 0) is 19.4 Å². The lowest BCUT2D eigenvalue weighted by molar-refractivity contribution is 0.245. The lowest BCUT2D eigenvalue weighted by Gasteiger charge is -2.31. The fraction of sp³-hybridized carbons (Fsp3) is 0.333. The van der Waals surface area contributed by atoms with Crippen LogP contribution in [0.2, 0.25) is 0 Å². The number of aryl methyl sites for hydroxylation is 2. The van der Waals surface area contributed by atoms with Crippen molar-refractivity contribution in [1.82, 2.24) is 9.47 Å². The van der Waals surface area contributed by atoms with Gasteiger partial charge in [0.15, 0.2) is 0 Å². The van der Waals surface area contributed by atoms with Crippen molar-refractivity contribution in [2.24, 2.45) is 0 Å². The molecule has 1 atom stereocenters. The van der Waals surface area contributed by atoms with E-state index in [2.05, 4.69) is 78.0 Å². The Morgan fingerprint density at radius 1 is 1.00 bits per heavy atom. The molecule has 3 aromatic rings. The summed E-state index contributed by atoms with van der Waals surface area (Å²) in [5, 5.41) is 1.44. The van der Waals surface area contributed by atoms with E-state index in [0.29, 0.717) is 6.04 Å². The number of likely N-dealkylation sites (N-methyl/N-ethyl adjacent to an activating group) is 1. The minimum absolute atomic E-state index is 0.502. The van der Waals surface area contributed by atoms with Gasteiger partial charge in [0.1, 0.15) is 0 Å². The van der Waals surface area contributed by atoms with E-state index in [-0.39, 0.29) is 0 Å². The average Bonchev–Trinajstić information content (AvgIpc) is 2.91. The van der Waals surface area contributed by atoms with E-state index in [9.17, 15) is 0 Å². The molecule has 1 aromatic heterocycles. The molecule has 2 aromatic carbocycles. The van der Waals surface area contributed by atoms with Crippen LogP contribution in [0.5, 0.6) is 0 Å². The summed E-state index contributed by atoms with van der Waals surface area (Å²) in [4.78, 5) is 2.47. The first kappa shape index (κ1) is 14.5. The number of para-hydroxylation sites is 1. The second-order valence-electron chi connectivity index (χ2n) is 6.67. The summed E-state index contributed by atoms with van der Waals surface area (Å²) < 4.78 is 2.57. The first-order valence-electron chi connectivity index (χ1n) is 8.60. The summed E-state index contributed by atoms with van der Waals surface area (Å²) in [6.07, 6.45) is 2.25. The van der Waals surface area contributed by atoms with Crippen molar-refractivity contribution in [3.05, 3.63) is 71.4 Å². The van der Waals surface area contributed by atoms with Crippen molar-refractivity contribution < 1.29 is 0 Å². The first-order valence-corrected chi connectivity index (χ1v) is 8.60. The molecule has 0 radical (unpaired) electrons. The summed E-state index contributed by atoms with van der Waals surface area (Å²) in [6.45, 7) is 4.55. The van der Waals surface area contributed by atoms with Crippen molar-refractivity contribution in [2.45, 2.75) is 32.4 Å². The van der Waals surface area contributed by atoms with Gasteiger partial charge in [-0.05, 0) is 37.6 Å². The molecule has 0 N–H and O–H groups in total. The van der Waals surface area contributed by atoms with E-state index in [4.69, 9.17) is 0 Å². The predicted molar refractivity (Wildman–Crippen MR) is 96.8 cm³/mol. The molecule has 0 bridgehead atoms. The maximum atomic E-state index is 2.57. The van der Waals surface area contributed by atoms with Crippen LogP contribution in [0.15, 0.2) is 54.6 Å². The second-order valence-corrected chi connectivity index (χ2v) is 6.67. The molecule has 0 unspecified atom stereocenters. The SMILES string of the molecule is C[C@H]1c2c(n(CCc3ccccc3)c3ccccc23)CCN1C. The summed E-state index contributed by atoms with van der Waals surface area (Å²) >= 11 is 0. The Kier molecular flexibility index (Phi) is 3.70. The highest BCUT2D eigenvalue weighted by Gasteiger charge is 2.27. The number of hydrogen-bond donors (Lipinski definition) is 0. The highest BCUT2D eigenvalue weighted by Crippen LogP contribution is 2.36. The van der Waals surface area contributed by atoms with Crippen molar-refractivity contribution in [2.75, 3.05) is 13.6 Å². The first-order chi connectivity index (χ1) is 11.3. The zero-order valence-corrected chi connectivity index (χ0v) is 14.0. The molecular formula is C21H24N2. The van der Waals surface area contributed by atoms with Gasteiger partial charge in [0.2, 0.25) is 0 Å². The fourth-order valence-electron chi connectivity index (χ4n) is 3.96. The van der Waals surface area contributed by atoms with Crippen LogP contribution in [0.4, 0.5) is 0 Å². The van der Waals surface area contributed by atoms with E-state index in [1.54, 1.807) is 11.3 Å². The molecule has 1 aliphatic rings. The average molecular weight is 304 g/mol. The van der Waals surface area contributed by atoms with E-state index in [1.165, 1.54) is 16.5 Å². The molecule has 0 saturated heterocycles. The van der Waals surface area contributed by atoms with Crippen LogP contribution >= 0.6 is 0 Å². The van der Waals surface area contributed by atoms with Crippen molar-refractivity contribution >= 4 is 10.9 Å². The Morgan fingerprint density at radius 3 is 2.57 bits per heavy atom. The molecule has 0 aliphatic carbocycles. The molecule has 118 valence electrons. The molecule has 23 heavy (non-hydrogen) atoms. The van der Waals surface area contributed by atoms with Gasteiger partial charge in [-0.15, -0.1) is 0 Å². The topological polar surface area (TPSA) is 8.17 Å². The number of rotatable bonds is 3. The third-order valence-electron chi connectivity index (χ3n) is 5.37. The molecule has 2 heterocycles. The molecule has 2 heteroatoms. The largest absolute Gasteiger partial charge is 0.344 e. The van der Waals surface area contributed by atoms with E-state index in [0.717, 1.165) is 25.9 Å². The number of aromatic nitrogens is 1. The number of fused-ring (bicyclic) bond motifs is 3. The Bertz CT molecular complexity index is 816. The monoisotopic (exact) mass is 304 g/mol. The van der Waals surface area contributed by atoms with Crippen LogP contribution in [0.25, 0.3) is 10.9 Å². The third-order valence-corrected chi connectivity index (χ3v) is 5.37. The third kappa shape index (κ3) is 2.47. The van der Waals surface area contributed by atoms with Crippen molar-refractivity contribution in [3.63, 3.8) is 0 Å². The van der Waals surface area contributed by atoms with Gasteiger partial charge in [0.25, 0.3) is 0 Å². The highest BCUT2D eigenvalue weighted by molar-refractivity contribution is 5.86. The summed E-state index contributed by atoms with van der Waals surface area (Å²) in [5.74, 6) is 0. The van der Waals surface area contributed by atoms with Gasteiger partial charge in [-0.3, -0.25) is 4.90 Å². The van der Waals surface area contributed by atoms with Crippen LogP contribution in [0.1, 0.15) is 29.8 Å². The second kappa shape index (κ2) is 5.86. The maximum Gasteiger partial charge on any atom is 0.0486 e. The quantitative estimate of drug-likeness (QED) is 0.695. The Morgan fingerprint density at radius 2 is 1.74 bits per heavy atom. The fourth-order valence-corrected chi connectivity index (χ4v) is 3.96. The van der Waals surface area contributed by atoms with Crippen molar-refractivity contribution in [3.8, 4) is 0 Å². The standard InChI is InChI=1S/C21H24N2/c1-16-21-18-10-6-7-11-19(18)23(20(21)13-14-22(16)2)15-12-17-8-4-3-5-9-17/h3-11,16H,12-15H2,1-2H3/t16-/m0/s1. The molecule has 2 nitrogen and oxygen atoms in total. The molecule has 0 fully saturated rings. The van der Waals surface area contributed by atoms with Gasteiger partial charge in [-0.2, -0.15) is 0 Å².